The van der Waals surface area contributed by atoms with Gasteiger partial charge in [0.15, 0.2) is 11.7 Å². The summed E-state index contributed by atoms with van der Waals surface area (Å²) >= 11 is 0. The summed E-state index contributed by atoms with van der Waals surface area (Å²) in [5, 5.41) is 2.06. The predicted octanol–water partition coefficient (Wildman–Crippen LogP) is 1.07. The standard InChI is InChI=1S/C19H23N3O5/c1-21(2)14-8-5-13(6-9-14)7-10-15(23)16-17(24)20-19(26)22(18(16)25)11-4-12-27-3/h5-10,16H,4,11-12H2,1-3H3,(H,20,24,26)/b10-7+. The van der Waals surface area contributed by atoms with Crippen molar-refractivity contribution in [2.45, 2.75) is 6.42 Å². The van der Waals surface area contributed by atoms with E-state index in [1.54, 1.807) is 0 Å². The molecular formula is C19H23N3O5. The second kappa shape index (κ2) is 9.09. The molecule has 1 heterocycles. The summed E-state index contributed by atoms with van der Waals surface area (Å²) in [6.45, 7) is 0.428. The molecule has 0 bridgehead atoms. The number of carbonyl (C=O) groups is 4. The van der Waals surface area contributed by atoms with Gasteiger partial charge in [-0.2, -0.15) is 0 Å². The molecule has 0 saturated carbocycles. The van der Waals surface area contributed by atoms with E-state index >= 15 is 0 Å². The number of nitrogens with zero attached hydrogens (tertiary/aromatic N) is 2. The number of amides is 4. The minimum atomic E-state index is -1.55. The number of barbiturate groups is 1. The lowest BCUT2D eigenvalue weighted by atomic mass is 9.98. The number of imide groups is 2. The maximum Gasteiger partial charge on any atom is 0.330 e. The summed E-state index contributed by atoms with van der Waals surface area (Å²) in [5.74, 6) is -3.93. The van der Waals surface area contributed by atoms with Crippen LogP contribution >= 0.6 is 0 Å². The quantitative estimate of drug-likeness (QED) is 0.416. The Morgan fingerprint density at radius 3 is 2.48 bits per heavy atom. The van der Waals surface area contributed by atoms with Gasteiger partial charge in [0.1, 0.15) is 0 Å². The molecule has 27 heavy (non-hydrogen) atoms. The van der Waals surface area contributed by atoms with Crippen molar-refractivity contribution in [3.63, 3.8) is 0 Å². The molecule has 1 N–H and O–H groups in total. The second-order valence-electron chi connectivity index (χ2n) is 6.29. The van der Waals surface area contributed by atoms with Gasteiger partial charge in [-0.1, -0.05) is 18.2 Å². The topological polar surface area (TPSA) is 96.0 Å². The fraction of sp³-hybridized carbons (Fsp3) is 0.368. The van der Waals surface area contributed by atoms with E-state index in [-0.39, 0.29) is 6.54 Å². The Labute approximate surface area is 157 Å². The molecule has 0 aliphatic carbocycles. The predicted molar refractivity (Wildman–Crippen MR) is 100 cm³/mol. The summed E-state index contributed by atoms with van der Waals surface area (Å²) in [7, 11) is 5.34. The monoisotopic (exact) mass is 373 g/mol. The normalized spacial score (nSPS) is 17.4. The van der Waals surface area contributed by atoms with Crippen molar-refractivity contribution in [2.75, 3.05) is 39.3 Å². The molecule has 1 aromatic carbocycles. The number of hydrogen-bond donors (Lipinski definition) is 1. The number of ketones is 1. The largest absolute Gasteiger partial charge is 0.385 e. The van der Waals surface area contributed by atoms with Gasteiger partial charge in [-0.25, -0.2) is 4.79 Å². The number of hydrogen-bond acceptors (Lipinski definition) is 6. The van der Waals surface area contributed by atoms with Crippen LogP contribution in [0.1, 0.15) is 12.0 Å². The number of methoxy groups -OCH3 is 1. The molecule has 0 radical (unpaired) electrons. The molecule has 144 valence electrons. The van der Waals surface area contributed by atoms with E-state index in [2.05, 4.69) is 5.32 Å². The molecule has 2 rings (SSSR count). The van der Waals surface area contributed by atoms with Crippen molar-refractivity contribution >= 4 is 35.4 Å². The van der Waals surface area contributed by atoms with E-state index in [9.17, 15) is 19.2 Å². The highest BCUT2D eigenvalue weighted by atomic mass is 16.5. The van der Waals surface area contributed by atoms with E-state index in [0.717, 1.165) is 16.2 Å². The summed E-state index contributed by atoms with van der Waals surface area (Å²) in [4.78, 5) is 51.5. The molecule has 1 aliphatic heterocycles. The van der Waals surface area contributed by atoms with Crippen LogP contribution in [0.4, 0.5) is 10.5 Å². The Hall–Kier alpha value is -3.00. The van der Waals surface area contributed by atoms with E-state index in [1.807, 2.05) is 43.3 Å². The van der Waals surface area contributed by atoms with Crippen LogP contribution in [0.15, 0.2) is 30.3 Å². The SMILES string of the molecule is COCCCN1C(=O)NC(=O)C(C(=O)/C=C/c2ccc(N(C)C)cc2)C1=O. The molecular weight excluding hydrogens is 350 g/mol. The van der Waals surface area contributed by atoms with Gasteiger partial charge in [-0.15, -0.1) is 0 Å². The molecule has 1 saturated heterocycles. The summed E-state index contributed by atoms with van der Waals surface area (Å²) < 4.78 is 4.89. The van der Waals surface area contributed by atoms with Gasteiger partial charge in [0.25, 0.3) is 5.91 Å². The fourth-order valence-electron chi connectivity index (χ4n) is 2.60. The summed E-state index contributed by atoms with van der Waals surface area (Å²) in [5.41, 5.74) is 1.76. The first kappa shape index (κ1) is 20.3. The van der Waals surface area contributed by atoms with Crippen molar-refractivity contribution in [1.29, 1.82) is 0 Å². The van der Waals surface area contributed by atoms with Gasteiger partial charge < -0.3 is 9.64 Å². The summed E-state index contributed by atoms with van der Waals surface area (Å²) in [6, 6.07) is 6.61. The zero-order valence-electron chi connectivity index (χ0n) is 15.6. The van der Waals surface area contributed by atoms with E-state index in [0.29, 0.717) is 13.0 Å². The van der Waals surface area contributed by atoms with Crippen molar-refractivity contribution in [3.8, 4) is 0 Å². The van der Waals surface area contributed by atoms with Gasteiger partial charge in [0.05, 0.1) is 0 Å². The zero-order chi connectivity index (χ0) is 20.0. The number of allylic oxidation sites excluding steroid dienone is 1. The van der Waals surface area contributed by atoms with Crippen molar-refractivity contribution in [3.05, 3.63) is 35.9 Å². The molecule has 1 unspecified atom stereocenters. The number of urea groups is 1. The molecule has 1 fully saturated rings. The first-order valence-electron chi connectivity index (χ1n) is 8.49. The number of rotatable bonds is 8. The smallest absolute Gasteiger partial charge is 0.330 e. The average molecular weight is 373 g/mol. The zero-order valence-corrected chi connectivity index (χ0v) is 15.6. The molecule has 8 heteroatoms. The average Bonchev–Trinajstić information content (AvgIpc) is 2.62. The van der Waals surface area contributed by atoms with Crippen LogP contribution in [-0.4, -0.2) is 62.9 Å². The van der Waals surface area contributed by atoms with Crippen LogP contribution in [-0.2, 0) is 19.1 Å². The number of ether oxygens (including phenoxy) is 1. The Balaban J connectivity index is 2.09. The lowest BCUT2D eigenvalue weighted by Crippen LogP contribution is -2.59. The maximum atomic E-state index is 12.5. The minimum Gasteiger partial charge on any atom is -0.385 e. The van der Waals surface area contributed by atoms with Crippen molar-refractivity contribution < 1.29 is 23.9 Å². The maximum absolute atomic E-state index is 12.5. The molecule has 1 aromatic rings. The van der Waals surface area contributed by atoms with Crippen LogP contribution in [0.2, 0.25) is 0 Å². The number of nitrogens with one attached hydrogen (secondary N) is 1. The Morgan fingerprint density at radius 1 is 1.22 bits per heavy atom. The Bertz CT molecular complexity index is 755. The minimum absolute atomic E-state index is 0.0747. The lowest BCUT2D eigenvalue weighted by Gasteiger charge is -2.28. The Kier molecular flexibility index (Phi) is 6.84. The van der Waals surface area contributed by atoms with Crippen molar-refractivity contribution in [1.82, 2.24) is 10.2 Å². The van der Waals surface area contributed by atoms with E-state index < -0.39 is 29.5 Å². The van der Waals surface area contributed by atoms with Gasteiger partial charge in [0.2, 0.25) is 5.91 Å². The van der Waals surface area contributed by atoms with Crippen LogP contribution in [0.25, 0.3) is 6.08 Å². The molecule has 4 amide bonds. The van der Waals surface area contributed by atoms with Crippen LogP contribution in [0.5, 0.6) is 0 Å². The number of benzene rings is 1. The van der Waals surface area contributed by atoms with Crippen LogP contribution in [0.3, 0.4) is 0 Å². The van der Waals surface area contributed by atoms with E-state index in [4.69, 9.17) is 4.74 Å². The van der Waals surface area contributed by atoms with Gasteiger partial charge in [-0.3, -0.25) is 24.6 Å². The van der Waals surface area contributed by atoms with Gasteiger partial charge >= 0.3 is 6.03 Å². The highest BCUT2D eigenvalue weighted by molar-refractivity contribution is 6.28. The highest BCUT2D eigenvalue weighted by Gasteiger charge is 2.43. The third kappa shape index (κ3) is 5.01. The fourth-order valence-corrected chi connectivity index (χ4v) is 2.60. The Morgan fingerprint density at radius 2 is 1.89 bits per heavy atom. The highest BCUT2D eigenvalue weighted by Crippen LogP contribution is 2.16. The number of anilines is 1. The molecule has 1 atom stereocenters. The first-order valence-corrected chi connectivity index (χ1v) is 8.49. The summed E-state index contributed by atoms with van der Waals surface area (Å²) in [6.07, 6.45) is 3.14. The van der Waals surface area contributed by atoms with Crippen LogP contribution in [0, 0.1) is 5.92 Å². The third-order valence-corrected chi connectivity index (χ3v) is 4.11. The molecule has 8 nitrogen and oxygen atoms in total. The molecule has 1 aliphatic rings. The molecule has 0 spiro atoms. The number of carbonyl (C=O) groups excluding carboxylic acids is 4. The van der Waals surface area contributed by atoms with Crippen LogP contribution < -0.4 is 10.2 Å². The lowest BCUT2D eigenvalue weighted by molar-refractivity contribution is -0.146. The van der Waals surface area contributed by atoms with Gasteiger partial charge in [-0.05, 0) is 30.2 Å². The second-order valence-corrected chi connectivity index (χ2v) is 6.29. The van der Waals surface area contributed by atoms with Crippen molar-refractivity contribution in [2.24, 2.45) is 5.92 Å². The molecule has 0 aromatic heterocycles. The third-order valence-electron chi connectivity index (χ3n) is 4.11. The first-order chi connectivity index (χ1) is 12.8. The van der Waals surface area contributed by atoms with E-state index in [1.165, 1.54) is 19.3 Å². The van der Waals surface area contributed by atoms with Gasteiger partial charge in [0, 0.05) is 40.0 Å².